The third kappa shape index (κ3) is 4.00. The highest BCUT2D eigenvalue weighted by atomic mass is 35.5. The van der Waals surface area contributed by atoms with E-state index < -0.39 is 0 Å². The molecular formula is C14H18ClN3S. The first kappa shape index (κ1) is 14.4. The summed E-state index contributed by atoms with van der Waals surface area (Å²) in [6, 6.07) is 2.25. The fraction of sp³-hybridized carbons (Fsp3) is 0.429. The van der Waals surface area contributed by atoms with Gasteiger partial charge in [0.2, 0.25) is 0 Å². The molecule has 2 aromatic heterocycles. The van der Waals surface area contributed by atoms with Crippen LogP contribution in [-0.2, 0) is 6.42 Å². The zero-order valence-corrected chi connectivity index (χ0v) is 12.8. The average Bonchev–Trinajstić information content (AvgIpc) is 2.83. The summed E-state index contributed by atoms with van der Waals surface area (Å²) in [6.07, 6.45) is 7.42. The van der Waals surface area contributed by atoms with E-state index in [0.29, 0.717) is 0 Å². The van der Waals surface area contributed by atoms with Crippen molar-refractivity contribution in [3.05, 3.63) is 45.1 Å². The lowest BCUT2D eigenvalue weighted by molar-refractivity contribution is 0.536. The maximum atomic E-state index is 6.19. The minimum Gasteiger partial charge on any atom is -0.309 e. The van der Waals surface area contributed by atoms with Crippen molar-refractivity contribution in [2.75, 3.05) is 6.54 Å². The molecule has 5 heteroatoms. The van der Waals surface area contributed by atoms with Crippen molar-refractivity contribution >= 4 is 22.9 Å². The second kappa shape index (κ2) is 6.98. The van der Waals surface area contributed by atoms with Crippen molar-refractivity contribution in [3.8, 4) is 0 Å². The molecule has 0 aliphatic heterocycles. The molecule has 2 aromatic rings. The summed E-state index contributed by atoms with van der Waals surface area (Å²) in [6.45, 7) is 5.19. The molecule has 0 radical (unpaired) electrons. The minimum atomic E-state index is 0.269. The number of hydrogen-bond acceptors (Lipinski definition) is 4. The number of rotatable bonds is 6. The Balaban J connectivity index is 2.16. The Bertz CT molecular complexity index is 527. The van der Waals surface area contributed by atoms with Gasteiger partial charge in [0.15, 0.2) is 0 Å². The van der Waals surface area contributed by atoms with Crippen LogP contribution in [0.25, 0.3) is 0 Å². The molecular weight excluding hydrogens is 278 g/mol. The maximum absolute atomic E-state index is 6.19. The zero-order chi connectivity index (χ0) is 13.7. The molecule has 0 aromatic carbocycles. The Hall–Kier alpha value is -0.970. The van der Waals surface area contributed by atoms with Crippen LogP contribution in [0.1, 0.15) is 34.8 Å². The first-order valence-electron chi connectivity index (χ1n) is 6.44. The average molecular weight is 296 g/mol. The summed E-state index contributed by atoms with van der Waals surface area (Å²) in [5, 5.41) is 5.39. The normalized spacial score (nSPS) is 12.6. The Morgan fingerprint density at radius 1 is 1.42 bits per heavy atom. The minimum absolute atomic E-state index is 0.269. The van der Waals surface area contributed by atoms with E-state index in [0.717, 1.165) is 35.0 Å². The van der Waals surface area contributed by atoms with Crippen LogP contribution in [-0.4, -0.2) is 16.5 Å². The molecule has 102 valence electrons. The predicted octanol–water partition coefficient (Wildman–Crippen LogP) is 3.78. The molecule has 2 rings (SSSR count). The van der Waals surface area contributed by atoms with Gasteiger partial charge < -0.3 is 5.32 Å². The summed E-state index contributed by atoms with van der Waals surface area (Å²) in [4.78, 5) is 9.63. The van der Waals surface area contributed by atoms with Crippen LogP contribution >= 0.6 is 22.9 Å². The van der Waals surface area contributed by atoms with Gasteiger partial charge in [0.25, 0.3) is 0 Å². The van der Waals surface area contributed by atoms with Crippen molar-refractivity contribution in [1.82, 2.24) is 15.3 Å². The molecule has 0 fully saturated rings. The number of nitrogens with one attached hydrogen (secondary N) is 1. The largest absolute Gasteiger partial charge is 0.309 e. The van der Waals surface area contributed by atoms with Gasteiger partial charge in [-0.1, -0.05) is 18.5 Å². The number of aryl methyl sites for hydroxylation is 1. The highest BCUT2D eigenvalue weighted by molar-refractivity contribution is 7.11. The van der Waals surface area contributed by atoms with Crippen LogP contribution in [0.3, 0.4) is 0 Å². The lowest BCUT2D eigenvalue weighted by Crippen LogP contribution is -2.23. The number of hydrogen-bond donors (Lipinski definition) is 1. The first-order chi connectivity index (χ1) is 9.20. The third-order valence-electron chi connectivity index (χ3n) is 2.90. The fourth-order valence-electron chi connectivity index (χ4n) is 1.92. The molecule has 2 heterocycles. The molecule has 0 saturated heterocycles. The van der Waals surface area contributed by atoms with E-state index in [2.05, 4.69) is 22.2 Å². The molecule has 0 saturated carbocycles. The molecule has 0 bridgehead atoms. The van der Waals surface area contributed by atoms with Gasteiger partial charge in [-0.2, -0.15) is 0 Å². The Kier molecular flexibility index (Phi) is 5.31. The number of pyridine rings is 1. The number of aromatic nitrogens is 2. The molecule has 19 heavy (non-hydrogen) atoms. The Labute approximate surface area is 123 Å². The van der Waals surface area contributed by atoms with Crippen molar-refractivity contribution in [2.24, 2.45) is 0 Å². The number of nitrogens with zero attached hydrogens (tertiary/aromatic N) is 2. The molecule has 0 aliphatic rings. The third-order valence-corrected chi connectivity index (χ3v) is 4.27. The number of thiazole rings is 1. The Morgan fingerprint density at radius 2 is 2.26 bits per heavy atom. The van der Waals surface area contributed by atoms with Gasteiger partial charge in [-0.25, -0.2) is 4.98 Å². The summed E-state index contributed by atoms with van der Waals surface area (Å²) >= 11 is 7.93. The summed E-state index contributed by atoms with van der Waals surface area (Å²) in [7, 11) is 0. The monoisotopic (exact) mass is 295 g/mol. The number of halogens is 1. The van der Waals surface area contributed by atoms with Crippen molar-refractivity contribution in [2.45, 2.75) is 32.7 Å². The van der Waals surface area contributed by atoms with Crippen molar-refractivity contribution in [1.29, 1.82) is 0 Å². The highest BCUT2D eigenvalue weighted by Crippen LogP contribution is 2.26. The van der Waals surface area contributed by atoms with Gasteiger partial charge in [0.1, 0.15) is 0 Å². The van der Waals surface area contributed by atoms with Crippen molar-refractivity contribution < 1.29 is 0 Å². The van der Waals surface area contributed by atoms with E-state index in [1.165, 1.54) is 4.88 Å². The van der Waals surface area contributed by atoms with Crippen molar-refractivity contribution in [3.63, 3.8) is 0 Å². The molecule has 1 atom stereocenters. The van der Waals surface area contributed by atoms with Crippen LogP contribution in [0.2, 0.25) is 5.02 Å². The molecule has 0 aliphatic carbocycles. The smallest absolute Gasteiger partial charge is 0.0897 e. The fourth-order valence-corrected chi connectivity index (χ4v) is 2.98. The second-order valence-corrected chi connectivity index (χ2v) is 6.13. The van der Waals surface area contributed by atoms with Gasteiger partial charge in [0.05, 0.1) is 10.0 Å². The van der Waals surface area contributed by atoms with Crippen LogP contribution in [0.4, 0.5) is 0 Å². The zero-order valence-electron chi connectivity index (χ0n) is 11.2. The summed E-state index contributed by atoms with van der Waals surface area (Å²) in [5.41, 5.74) is 1.12. The van der Waals surface area contributed by atoms with Crippen LogP contribution in [0.15, 0.2) is 24.7 Å². The quantitative estimate of drug-likeness (QED) is 0.881. The van der Waals surface area contributed by atoms with Crippen LogP contribution < -0.4 is 5.32 Å². The van der Waals surface area contributed by atoms with E-state index in [4.69, 9.17) is 11.6 Å². The molecule has 0 spiro atoms. The van der Waals surface area contributed by atoms with Crippen LogP contribution in [0, 0.1) is 6.92 Å². The maximum Gasteiger partial charge on any atom is 0.0897 e. The molecule has 0 amide bonds. The van der Waals surface area contributed by atoms with Gasteiger partial charge >= 0.3 is 0 Å². The topological polar surface area (TPSA) is 37.8 Å². The van der Waals surface area contributed by atoms with E-state index in [-0.39, 0.29) is 6.04 Å². The van der Waals surface area contributed by atoms with E-state index in [1.54, 1.807) is 23.7 Å². The first-order valence-corrected chi connectivity index (χ1v) is 7.64. The predicted molar refractivity (Wildman–Crippen MR) is 80.8 cm³/mol. The summed E-state index contributed by atoms with van der Waals surface area (Å²) in [5.74, 6) is 0. The van der Waals surface area contributed by atoms with E-state index in [1.807, 2.05) is 19.2 Å². The van der Waals surface area contributed by atoms with Crippen LogP contribution in [0.5, 0.6) is 0 Å². The molecule has 1 N–H and O–H groups in total. The van der Waals surface area contributed by atoms with Gasteiger partial charge in [0, 0.05) is 29.5 Å². The molecule has 3 nitrogen and oxygen atoms in total. The van der Waals surface area contributed by atoms with Gasteiger partial charge in [-0.15, -0.1) is 11.3 Å². The molecule has 1 unspecified atom stereocenters. The standard InChI is InChI=1S/C14H18ClN3S/c1-3-5-17-13(14-9-18-10(2)19-14)7-11-4-6-16-8-12(11)15/h4,6,8-9,13,17H,3,5,7H2,1-2H3. The van der Waals surface area contributed by atoms with E-state index in [9.17, 15) is 0 Å². The second-order valence-electron chi connectivity index (χ2n) is 4.46. The SMILES string of the molecule is CCCNC(Cc1ccncc1Cl)c1cnc(C)s1. The van der Waals surface area contributed by atoms with Gasteiger partial charge in [-0.3, -0.25) is 4.98 Å². The Morgan fingerprint density at radius 3 is 2.89 bits per heavy atom. The highest BCUT2D eigenvalue weighted by Gasteiger charge is 2.15. The van der Waals surface area contributed by atoms with E-state index >= 15 is 0 Å². The summed E-state index contributed by atoms with van der Waals surface area (Å²) < 4.78 is 0. The lowest BCUT2D eigenvalue weighted by Gasteiger charge is -2.17. The lowest BCUT2D eigenvalue weighted by atomic mass is 10.1. The van der Waals surface area contributed by atoms with Gasteiger partial charge in [-0.05, 0) is 37.9 Å².